The van der Waals surface area contributed by atoms with Crippen LogP contribution in [0.3, 0.4) is 0 Å². The molecule has 1 aromatic carbocycles. The Morgan fingerprint density at radius 2 is 2.18 bits per heavy atom. The predicted molar refractivity (Wildman–Crippen MR) is 71.8 cm³/mol. The van der Waals surface area contributed by atoms with E-state index in [-0.39, 0.29) is 0 Å². The summed E-state index contributed by atoms with van der Waals surface area (Å²) in [7, 11) is 0. The first-order chi connectivity index (χ1) is 8.20. The van der Waals surface area contributed by atoms with Crippen LogP contribution in [0.15, 0.2) is 33.5 Å². The van der Waals surface area contributed by atoms with Crippen molar-refractivity contribution >= 4 is 15.9 Å². The van der Waals surface area contributed by atoms with Crippen LogP contribution < -0.4 is 5.32 Å². The molecule has 0 saturated carbocycles. The normalized spacial score (nSPS) is 10.8. The van der Waals surface area contributed by atoms with E-state index < -0.39 is 0 Å². The summed E-state index contributed by atoms with van der Waals surface area (Å²) in [6.07, 6.45) is 1.50. The molecule has 1 N–H and O–H groups in total. The van der Waals surface area contributed by atoms with E-state index >= 15 is 0 Å². The van der Waals surface area contributed by atoms with Crippen LogP contribution in [0.25, 0.3) is 11.3 Å². The molecule has 0 saturated heterocycles. The van der Waals surface area contributed by atoms with E-state index in [2.05, 4.69) is 52.2 Å². The molecule has 17 heavy (non-hydrogen) atoms. The molecule has 0 radical (unpaired) electrons. The smallest absolute Gasteiger partial charge is 0.181 e. The minimum atomic E-state index is 0.730. The molecule has 3 nitrogen and oxygen atoms in total. The molecular weight excluding hydrogens is 280 g/mol. The van der Waals surface area contributed by atoms with E-state index in [0.717, 1.165) is 34.6 Å². The highest BCUT2D eigenvalue weighted by Gasteiger charge is 2.11. The number of benzene rings is 1. The highest BCUT2D eigenvalue weighted by molar-refractivity contribution is 9.10. The van der Waals surface area contributed by atoms with Crippen LogP contribution in [-0.4, -0.2) is 11.5 Å². The van der Waals surface area contributed by atoms with E-state index in [1.54, 1.807) is 0 Å². The lowest BCUT2D eigenvalue weighted by atomic mass is 10.1. The van der Waals surface area contributed by atoms with Crippen molar-refractivity contribution in [2.75, 3.05) is 6.54 Å². The average molecular weight is 295 g/mol. The summed E-state index contributed by atoms with van der Waals surface area (Å²) in [5.74, 6) is 0.843. The van der Waals surface area contributed by atoms with Crippen molar-refractivity contribution in [3.8, 4) is 11.3 Å². The predicted octanol–water partition coefficient (Wildman–Crippen LogP) is 3.52. The van der Waals surface area contributed by atoms with Crippen molar-refractivity contribution in [2.45, 2.75) is 20.4 Å². The second kappa shape index (κ2) is 5.47. The third-order valence-electron chi connectivity index (χ3n) is 2.49. The lowest BCUT2D eigenvalue weighted by molar-refractivity contribution is 0.569. The number of hydrogen-bond acceptors (Lipinski definition) is 3. The van der Waals surface area contributed by atoms with Crippen LogP contribution in [0.4, 0.5) is 0 Å². The van der Waals surface area contributed by atoms with Crippen LogP contribution in [0, 0.1) is 6.92 Å². The lowest BCUT2D eigenvalue weighted by Gasteiger charge is -2.04. The van der Waals surface area contributed by atoms with Gasteiger partial charge in [0.1, 0.15) is 5.69 Å². The average Bonchev–Trinajstić information content (AvgIpc) is 2.73. The summed E-state index contributed by atoms with van der Waals surface area (Å²) in [4.78, 5) is 4.24. The maximum atomic E-state index is 5.49. The zero-order valence-electron chi connectivity index (χ0n) is 9.96. The van der Waals surface area contributed by atoms with E-state index in [1.165, 1.54) is 12.0 Å². The van der Waals surface area contributed by atoms with Gasteiger partial charge in [0.05, 0.1) is 0 Å². The van der Waals surface area contributed by atoms with Crippen LogP contribution in [0.1, 0.15) is 18.2 Å². The van der Waals surface area contributed by atoms with Gasteiger partial charge in [-0.2, -0.15) is 0 Å². The second-order valence-electron chi connectivity index (χ2n) is 3.93. The SMILES string of the molecule is CCNCc1ncoc1-c1cc(C)cc(Br)c1. The molecule has 0 aliphatic carbocycles. The van der Waals surface area contributed by atoms with Crippen molar-refractivity contribution in [3.63, 3.8) is 0 Å². The third kappa shape index (κ3) is 2.96. The highest BCUT2D eigenvalue weighted by Crippen LogP contribution is 2.27. The molecule has 0 aliphatic rings. The molecule has 2 rings (SSSR count). The van der Waals surface area contributed by atoms with Crippen molar-refractivity contribution in [3.05, 3.63) is 40.3 Å². The molecule has 0 aliphatic heterocycles. The number of oxazole rings is 1. The van der Waals surface area contributed by atoms with E-state index in [1.807, 2.05) is 6.07 Å². The highest BCUT2D eigenvalue weighted by atomic mass is 79.9. The van der Waals surface area contributed by atoms with Crippen LogP contribution in [-0.2, 0) is 6.54 Å². The Labute approximate surface area is 109 Å². The van der Waals surface area contributed by atoms with Gasteiger partial charge in [0.15, 0.2) is 12.2 Å². The molecule has 0 spiro atoms. The summed E-state index contributed by atoms with van der Waals surface area (Å²) in [5.41, 5.74) is 3.20. The van der Waals surface area contributed by atoms with Gasteiger partial charge in [0.2, 0.25) is 0 Å². The zero-order valence-corrected chi connectivity index (χ0v) is 11.5. The molecule has 0 bridgehead atoms. The van der Waals surface area contributed by atoms with Gasteiger partial charge in [-0.05, 0) is 37.2 Å². The van der Waals surface area contributed by atoms with Crippen molar-refractivity contribution in [1.29, 1.82) is 0 Å². The molecule has 0 fully saturated rings. The Bertz CT molecular complexity index is 488. The number of aromatic nitrogens is 1. The maximum Gasteiger partial charge on any atom is 0.181 e. The van der Waals surface area contributed by atoms with E-state index in [0.29, 0.717) is 0 Å². The van der Waals surface area contributed by atoms with Crippen molar-refractivity contribution in [1.82, 2.24) is 10.3 Å². The summed E-state index contributed by atoms with van der Waals surface area (Å²) in [6, 6.07) is 6.22. The Kier molecular flexibility index (Phi) is 3.97. The minimum absolute atomic E-state index is 0.730. The van der Waals surface area contributed by atoms with Gasteiger partial charge in [0.25, 0.3) is 0 Å². The van der Waals surface area contributed by atoms with Gasteiger partial charge in [-0.15, -0.1) is 0 Å². The monoisotopic (exact) mass is 294 g/mol. The minimum Gasteiger partial charge on any atom is -0.443 e. The molecular formula is C13H15BrN2O. The quantitative estimate of drug-likeness (QED) is 0.937. The van der Waals surface area contributed by atoms with Crippen LogP contribution >= 0.6 is 15.9 Å². The Morgan fingerprint density at radius 1 is 1.35 bits per heavy atom. The largest absolute Gasteiger partial charge is 0.443 e. The third-order valence-corrected chi connectivity index (χ3v) is 2.95. The van der Waals surface area contributed by atoms with Gasteiger partial charge < -0.3 is 9.73 Å². The molecule has 2 aromatic rings. The number of hydrogen-bond donors (Lipinski definition) is 1. The second-order valence-corrected chi connectivity index (χ2v) is 4.84. The standard InChI is InChI=1S/C13H15BrN2O/c1-3-15-7-12-13(17-8-16-12)10-4-9(2)5-11(14)6-10/h4-6,8,15H,3,7H2,1-2H3. The Morgan fingerprint density at radius 3 is 2.88 bits per heavy atom. The fourth-order valence-corrected chi connectivity index (χ4v) is 2.35. The fraction of sp³-hybridized carbons (Fsp3) is 0.308. The molecule has 0 amide bonds. The van der Waals surface area contributed by atoms with Gasteiger partial charge >= 0.3 is 0 Å². The number of halogens is 1. The molecule has 90 valence electrons. The van der Waals surface area contributed by atoms with Crippen molar-refractivity contribution < 1.29 is 4.42 Å². The summed E-state index contributed by atoms with van der Waals surface area (Å²) in [5, 5.41) is 3.26. The van der Waals surface area contributed by atoms with Crippen LogP contribution in [0.5, 0.6) is 0 Å². The maximum absolute atomic E-state index is 5.49. The molecule has 0 unspecified atom stereocenters. The summed E-state index contributed by atoms with van der Waals surface area (Å²) < 4.78 is 6.54. The Balaban J connectivity index is 2.35. The van der Waals surface area contributed by atoms with Crippen molar-refractivity contribution in [2.24, 2.45) is 0 Å². The van der Waals surface area contributed by atoms with Gasteiger partial charge in [-0.25, -0.2) is 4.98 Å². The van der Waals surface area contributed by atoms with Gasteiger partial charge in [-0.3, -0.25) is 0 Å². The summed E-state index contributed by atoms with van der Waals surface area (Å²) in [6.45, 7) is 5.79. The zero-order chi connectivity index (χ0) is 12.3. The van der Waals surface area contributed by atoms with Gasteiger partial charge in [0, 0.05) is 16.6 Å². The fourth-order valence-electron chi connectivity index (χ4n) is 1.74. The molecule has 0 atom stereocenters. The number of rotatable bonds is 4. The number of aryl methyl sites for hydroxylation is 1. The molecule has 4 heteroatoms. The van der Waals surface area contributed by atoms with Gasteiger partial charge in [-0.1, -0.05) is 22.9 Å². The number of nitrogens with one attached hydrogen (secondary N) is 1. The topological polar surface area (TPSA) is 38.1 Å². The molecule has 1 heterocycles. The lowest BCUT2D eigenvalue weighted by Crippen LogP contribution is -2.12. The molecule has 1 aromatic heterocycles. The van der Waals surface area contributed by atoms with E-state index in [9.17, 15) is 0 Å². The van der Waals surface area contributed by atoms with Crippen LogP contribution in [0.2, 0.25) is 0 Å². The first kappa shape index (κ1) is 12.3. The summed E-state index contributed by atoms with van der Waals surface area (Å²) >= 11 is 3.50. The first-order valence-electron chi connectivity index (χ1n) is 5.61. The first-order valence-corrected chi connectivity index (χ1v) is 6.40. The number of nitrogens with zero attached hydrogens (tertiary/aromatic N) is 1. The Hall–Kier alpha value is -1.13. The van der Waals surface area contributed by atoms with E-state index in [4.69, 9.17) is 4.42 Å².